The Balaban J connectivity index is 1.98. The van der Waals surface area contributed by atoms with Crippen molar-refractivity contribution in [1.82, 2.24) is 0 Å². The highest BCUT2D eigenvalue weighted by Crippen LogP contribution is 2.20. The summed E-state index contributed by atoms with van der Waals surface area (Å²) in [5.74, 6) is 0.427. The average molecular weight is 277 g/mol. The van der Waals surface area contributed by atoms with Gasteiger partial charge in [0.05, 0.1) is 16.3 Å². The largest absolute Gasteiger partial charge is 0.490 e. The number of nitrogen functional groups attached to an aromatic ring is 1. The smallest absolute Gasteiger partial charge is 0.181 e. The van der Waals surface area contributed by atoms with Gasteiger partial charge in [0.25, 0.3) is 0 Å². The van der Waals surface area contributed by atoms with Crippen molar-refractivity contribution < 1.29 is 13.2 Å². The highest BCUT2D eigenvalue weighted by Gasteiger charge is 2.14. The van der Waals surface area contributed by atoms with Crippen molar-refractivity contribution in [3.8, 4) is 5.75 Å². The summed E-state index contributed by atoms with van der Waals surface area (Å²) < 4.78 is 29.4. The molecule has 0 saturated carbocycles. The van der Waals surface area contributed by atoms with Gasteiger partial charge in [-0.05, 0) is 24.3 Å². The third kappa shape index (κ3) is 3.48. The molecular weight excluding hydrogens is 262 g/mol. The lowest BCUT2D eigenvalue weighted by molar-refractivity contribution is 0.342. The molecular formula is C14H15NO3S. The maximum absolute atomic E-state index is 12.0. The maximum Gasteiger partial charge on any atom is 0.181 e. The molecule has 0 fully saturated rings. The second-order valence-corrected chi connectivity index (χ2v) is 6.13. The van der Waals surface area contributed by atoms with E-state index in [-0.39, 0.29) is 12.4 Å². The van der Waals surface area contributed by atoms with Gasteiger partial charge in [-0.25, -0.2) is 8.42 Å². The number of hydrogen-bond acceptors (Lipinski definition) is 4. The van der Waals surface area contributed by atoms with Crippen molar-refractivity contribution in [2.24, 2.45) is 0 Å². The molecule has 0 amide bonds. The standard InChI is InChI=1S/C14H15NO3S/c15-13-8-4-5-9-14(13)18-10-11-19(16,17)12-6-2-1-3-7-12/h1-9H,10-11,15H2. The van der Waals surface area contributed by atoms with Crippen LogP contribution in [-0.4, -0.2) is 20.8 Å². The zero-order chi connectivity index (χ0) is 13.7. The fraction of sp³-hybridized carbons (Fsp3) is 0.143. The molecule has 0 heterocycles. The normalized spacial score (nSPS) is 11.2. The highest BCUT2D eigenvalue weighted by molar-refractivity contribution is 7.91. The summed E-state index contributed by atoms with van der Waals surface area (Å²) in [4.78, 5) is 0.305. The first-order chi connectivity index (χ1) is 9.09. The molecule has 0 radical (unpaired) electrons. The van der Waals surface area contributed by atoms with E-state index in [1.807, 2.05) is 0 Å². The predicted octanol–water partition coefficient (Wildman–Crippen LogP) is 2.12. The van der Waals surface area contributed by atoms with Crippen molar-refractivity contribution >= 4 is 15.5 Å². The molecule has 100 valence electrons. The van der Waals surface area contributed by atoms with Crippen LogP contribution < -0.4 is 10.5 Å². The molecule has 4 nitrogen and oxygen atoms in total. The summed E-state index contributed by atoms with van der Waals surface area (Å²) in [7, 11) is -3.31. The number of anilines is 1. The van der Waals surface area contributed by atoms with Gasteiger partial charge in [-0.15, -0.1) is 0 Å². The van der Waals surface area contributed by atoms with Crippen LogP contribution in [0.4, 0.5) is 5.69 Å². The average Bonchev–Trinajstić information content (AvgIpc) is 2.42. The Hall–Kier alpha value is -2.01. The van der Waals surface area contributed by atoms with Crippen LogP contribution >= 0.6 is 0 Å². The van der Waals surface area contributed by atoms with Gasteiger partial charge in [-0.1, -0.05) is 30.3 Å². The topological polar surface area (TPSA) is 69.4 Å². The minimum absolute atomic E-state index is 0.0748. The molecule has 2 aromatic rings. The van der Waals surface area contributed by atoms with Gasteiger partial charge in [-0.3, -0.25) is 0 Å². The van der Waals surface area contributed by atoms with E-state index in [0.29, 0.717) is 16.3 Å². The molecule has 0 unspecified atom stereocenters. The first-order valence-electron chi connectivity index (χ1n) is 5.85. The maximum atomic E-state index is 12.0. The van der Waals surface area contributed by atoms with E-state index < -0.39 is 9.84 Å². The second kappa shape index (κ2) is 5.75. The molecule has 0 aliphatic rings. The number of rotatable bonds is 5. The summed E-state index contributed by atoms with van der Waals surface area (Å²) in [6.07, 6.45) is 0. The summed E-state index contributed by atoms with van der Waals surface area (Å²) in [5.41, 5.74) is 6.21. The van der Waals surface area contributed by atoms with Crippen LogP contribution in [0.3, 0.4) is 0 Å². The van der Waals surface area contributed by atoms with Crippen molar-refractivity contribution in [1.29, 1.82) is 0 Å². The Bertz CT molecular complexity index is 639. The quantitative estimate of drug-likeness (QED) is 0.850. The third-order valence-corrected chi connectivity index (χ3v) is 4.33. The number of hydrogen-bond donors (Lipinski definition) is 1. The van der Waals surface area contributed by atoms with Crippen LogP contribution in [0, 0.1) is 0 Å². The molecule has 2 N–H and O–H groups in total. The Morgan fingerprint density at radius 1 is 0.947 bits per heavy atom. The summed E-state index contributed by atoms with van der Waals surface area (Å²) >= 11 is 0. The molecule has 0 aromatic heterocycles. The summed E-state index contributed by atoms with van der Waals surface area (Å²) in [5, 5.41) is 0. The Kier molecular flexibility index (Phi) is 4.06. The van der Waals surface area contributed by atoms with Gasteiger partial charge in [0, 0.05) is 0 Å². The summed E-state index contributed by atoms with van der Waals surface area (Å²) in [6.45, 7) is 0.0748. The summed E-state index contributed by atoms with van der Waals surface area (Å²) in [6, 6.07) is 15.3. The molecule has 0 aliphatic heterocycles. The lowest BCUT2D eigenvalue weighted by atomic mass is 10.3. The Morgan fingerprint density at radius 2 is 1.58 bits per heavy atom. The van der Waals surface area contributed by atoms with Crippen molar-refractivity contribution in [3.63, 3.8) is 0 Å². The van der Waals surface area contributed by atoms with E-state index in [4.69, 9.17) is 10.5 Å². The number of nitrogens with two attached hydrogens (primary N) is 1. The van der Waals surface area contributed by atoms with E-state index in [2.05, 4.69) is 0 Å². The lowest BCUT2D eigenvalue weighted by Gasteiger charge is -2.09. The fourth-order valence-corrected chi connectivity index (χ4v) is 2.73. The van der Waals surface area contributed by atoms with Crippen molar-refractivity contribution in [2.75, 3.05) is 18.1 Å². The Labute approximate surface area is 112 Å². The number of ether oxygens (including phenoxy) is 1. The lowest BCUT2D eigenvalue weighted by Crippen LogP contribution is -2.14. The molecule has 19 heavy (non-hydrogen) atoms. The minimum atomic E-state index is -3.31. The van der Waals surface area contributed by atoms with Crippen LogP contribution in [0.25, 0.3) is 0 Å². The minimum Gasteiger partial charge on any atom is -0.490 e. The van der Waals surface area contributed by atoms with Crippen molar-refractivity contribution in [2.45, 2.75) is 4.90 Å². The van der Waals surface area contributed by atoms with Gasteiger partial charge < -0.3 is 10.5 Å². The highest BCUT2D eigenvalue weighted by atomic mass is 32.2. The van der Waals surface area contributed by atoms with Crippen LogP contribution in [-0.2, 0) is 9.84 Å². The van der Waals surface area contributed by atoms with Gasteiger partial charge in [0.15, 0.2) is 9.84 Å². The molecule has 0 spiro atoms. The van der Waals surface area contributed by atoms with E-state index in [1.165, 1.54) is 0 Å². The van der Waals surface area contributed by atoms with Crippen LogP contribution in [0.1, 0.15) is 0 Å². The van der Waals surface area contributed by atoms with Gasteiger partial charge in [0.2, 0.25) is 0 Å². The molecule has 0 aliphatic carbocycles. The molecule has 0 bridgehead atoms. The fourth-order valence-electron chi connectivity index (χ4n) is 1.62. The Morgan fingerprint density at radius 3 is 2.26 bits per heavy atom. The molecule has 0 atom stereocenters. The molecule has 0 saturated heterocycles. The van der Waals surface area contributed by atoms with Gasteiger partial charge in [0.1, 0.15) is 12.4 Å². The zero-order valence-electron chi connectivity index (χ0n) is 10.3. The van der Waals surface area contributed by atoms with Crippen LogP contribution in [0.5, 0.6) is 5.75 Å². The van der Waals surface area contributed by atoms with E-state index in [0.717, 1.165) is 0 Å². The first kappa shape index (κ1) is 13.4. The first-order valence-corrected chi connectivity index (χ1v) is 7.50. The van der Waals surface area contributed by atoms with E-state index in [9.17, 15) is 8.42 Å². The second-order valence-electron chi connectivity index (χ2n) is 4.02. The third-order valence-electron chi connectivity index (χ3n) is 2.63. The van der Waals surface area contributed by atoms with Crippen molar-refractivity contribution in [3.05, 3.63) is 54.6 Å². The number of benzene rings is 2. The van der Waals surface area contributed by atoms with Crippen LogP contribution in [0.2, 0.25) is 0 Å². The van der Waals surface area contributed by atoms with Gasteiger partial charge >= 0.3 is 0 Å². The monoisotopic (exact) mass is 277 g/mol. The molecule has 2 rings (SSSR count). The predicted molar refractivity (Wildman–Crippen MR) is 74.8 cm³/mol. The van der Waals surface area contributed by atoms with E-state index in [1.54, 1.807) is 54.6 Å². The zero-order valence-corrected chi connectivity index (χ0v) is 11.1. The SMILES string of the molecule is Nc1ccccc1OCCS(=O)(=O)c1ccccc1. The molecule has 2 aromatic carbocycles. The number of sulfone groups is 1. The van der Waals surface area contributed by atoms with Crippen LogP contribution in [0.15, 0.2) is 59.5 Å². The molecule has 5 heteroatoms. The van der Waals surface area contributed by atoms with Gasteiger partial charge in [-0.2, -0.15) is 0 Å². The van der Waals surface area contributed by atoms with E-state index >= 15 is 0 Å². The number of para-hydroxylation sites is 2.